The van der Waals surface area contributed by atoms with Gasteiger partial charge in [-0.3, -0.25) is 4.79 Å². The highest BCUT2D eigenvalue weighted by Gasteiger charge is 2.22. The number of carbonyl (C=O) groups excluding carboxylic acids is 1. The fourth-order valence-corrected chi connectivity index (χ4v) is 2.99. The highest BCUT2D eigenvalue weighted by atomic mass is 16.5. The van der Waals surface area contributed by atoms with E-state index in [1.165, 1.54) is 0 Å². The number of rotatable bonds is 5. The molecular formula is C23H24N6O2. The first kappa shape index (κ1) is 20.3. The van der Waals surface area contributed by atoms with Gasteiger partial charge in [-0.1, -0.05) is 26.8 Å². The smallest absolute Gasteiger partial charge is 0.277 e. The van der Waals surface area contributed by atoms with Crippen LogP contribution < -0.4 is 10.1 Å². The van der Waals surface area contributed by atoms with E-state index in [0.717, 1.165) is 17.1 Å². The third kappa shape index (κ3) is 4.32. The van der Waals surface area contributed by atoms with Gasteiger partial charge in [-0.15, -0.1) is 0 Å². The van der Waals surface area contributed by atoms with Crippen molar-refractivity contribution in [1.82, 2.24) is 24.5 Å². The van der Waals surface area contributed by atoms with Crippen molar-refractivity contribution in [3.63, 3.8) is 0 Å². The molecule has 0 atom stereocenters. The predicted octanol–water partition coefficient (Wildman–Crippen LogP) is 4.01. The number of nitrogens with one attached hydrogen (secondary N) is 1. The second kappa shape index (κ2) is 8.06. The van der Waals surface area contributed by atoms with E-state index >= 15 is 0 Å². The van der Waals surface area contributed by atoms with Gasteiger partial charge in [-0.05, 0) is 42.5 Å². The summed E-state index contributed by atoms with van der Waals surface area (Å²) in [5.74, 6) is 1.58. The quantitative estimate of drug-likeness (QED) is 0.531. The largest absolute Gasteiger partial charge is 0.497 e. The number of hydrogen-bond acceptors (Lipinski definition) is 5. The molecule has 0 aliphatic carbocycles. The summed E-state index contributed by atoms with van der Waals surface area (Å²) in [4.78, 5) is 17.3. The number of benzene rings is 1. The summed E-state index contributed by atoms with van der Waals surface area (Å²) < 4.78 is 8.46. The lowest BCUT2D eigenvalue weighted by Crippen LogP contribution is -2.16. The molecule has 1 aromatic carbocycles. The maximum absolute atomic E-state index is 12.9. The van der Waals surface area contributed by atoms with Crippen LogP contribution in [0.3, 0.4) is 0 Å². The molecule has 31 heavy (non-hydrogen) atoms. The van der Waals surface area contributed by atoms with Crippen molar-refractivity contribution in [2.24, 2.45) is 0 Å². The lowest BCUT2D eigenvalue weighted by atomic mass is 9.92. The van der Waals surface area contributed by atoms with E-state index < -0.39 is 0 Å². The van der Waals surface area contributed by atoms with E-state index in [2.05, 4.69) is 41.3 Å². The van der Waals surface area contributed by atoms with Gasteiger partial charge in [0.05, 0.1) is 18.5 Å². The number of hydrogen-bond donors (Lipinski definition) is 1. The zero-order valence-electron chi connectivity index (χ0n) is 17.9. The van der Waals surface area contributed by atoms with Gasteiger partial charge in [-0.2, -0.15) is 14.9 Å². The molecule has 3 aromatic heterocycles. The van der Waals surface area contributed by atoms with Crippen molar-refractivity contribution < 1.29 is 9.53 Å². The Labute approximate surface area is 180 Å². The van der Waals surface area contributed by atoms with Crippen molar-refractivity contribution in [1.29, 1.82) is 0 Å². The number of pyridine rings is 1. The van der Waals surface area contributed by atoms with Gasteiger partial charge >= 0.3 is 0 Å². The zero-order chi connectivity index (χ0) is 22.0. The third-order valence-electron chi connectivity index (χ3n) is 4.74. The highest BCUT2D eigenvalue weighted by Crippen LogP contribution is 2.26. The molecule has 0 bridgehead atoms. The number of amides is 1. The molecule has 0 unspecified atom stereocenters. The van der Waals surface area contributed by atoms with E-state index in [0.29, 0.717) is 17.3 Å². The first-order valence-electron chi connectivity index (χ1n) is 9.88. The van der Waals surface area contributed by atoms with E-state index in [1.807, 2.05) is 48.5 Å². The summed E-state index contributed by atoms with van der Waals surface area (Å²) in [6.07, 6.45) is 3.43. The van der Waals surface area contributed by atoms with Crippen molar-refractivity contribution in [3.05, 3.63) is 78.4 Å². The Morgan fingerprint density at radius 1 is 1.03 bits per heavy atom. The maximum Gasteiger partial charge on any atom is 0.277 e. The first-order chi connectivity index (χ1) is 14.8. The van der Waals surface area contributed by atoms with Crippen LogP contribution in [0.15, 0.2) is 67.0 Å². The Morgan fingerprint density at radius 3 is 2.45 bits per heavy atom. The average molecular weight is 416 g/mol. The number of methoxy groups -OCH3 is 1. The van der Waals surface area contributed by atoms with Crippen LogP contribution in [-0.4, -0.2) is 37.6 Å². The lowest BCUT2D eigenvalue weighted by molar-refractivity contribution is 0.102. The van der Waals surface area contributed by atoms with Crippen LogP contribution >= 0.6 is 0 Å². The molecule has 0 radical (unpaired) electrons. The number of anilines is 1. The topological polar surface area (TPSA) is 86.9 Å². The molecule has 0 aliphatic heterocycles. The van der Waals surface area contributed by atoms with Crippen molar-refractivity contribution in [2.45, 2.75) is 26.2 Å². The Bertz CT molecular complexity index is 1190. The summed E-state index contributed by atoms with van der Waals surface area (Å²) in [7, 11) is 1.62. The SMILES string of the molecule is COc1ccc(-n2ccc(C(=O)Nc3cc(C(C)(C)C)nn3-c3ccccn3)n2)cc1. The van der Waals surface area contributed by atoms with Crippen molar-refractivity contribution in [2.75, 3.05) is 12.4 Å². The summed E-state index contributed by atoms with van der Waals surface area (Å²) in [5.41, 5.74) is 1.78. The molecule has 0 fully saturated rings. The molecule has 4 rings (SSSR count). The molecule has 1 amide bonds. The Morgan fingerprint density at radius 2 is 1.81 bits per heavy atom. The van der Waals surface area contributed by atoms with Gasteiger partial charge < -0.3 is 10.1 Å². The monoisotopic (exact) mass is 416 g/mol. The van der Waals surface area contributed by atoms with Gasteiger partial charge in [0.15, 0.2) is 11.5 Å². The Hall–Kier alpha value is -3.94. The zero-order valence-corrected chi connectivity index (χ0v) is 17.9. The molecule has 158 valence electrons. The van der Waals surface area contributed by atoms with Crippen LogP contribution in [0.4, 0.5) is 5.82 Å². The van der Waals surface area contributed by atoms with Crippen molar-refractivity contribution in [3.8, 4) is 17.3 Å². The van der Waals surface area contributed by atoms with E-state index in [9.17, 15) is 4.79 Å². The molecule has 1 N–H and O–H groups in total. The minimum absolute atomic E-state index is 0.185. The molecule has 3 heterocycles. The van der Waals surface area contributed by atoms with Crippen LogP contribution in [0.25, 0.3) is 11.5 Å². The molecular weight excluding hydrogens is 392 g/mol. The van der Waals surface area contributed by atoms with Crippen molar-refractivity contribution >= 4 is 11.7 Å². The van der Waals surface area contributed by atoms with Crippen LogP contribution in [-0.2, 0) is 5.41 Å². The normalized spacial score (nSPS) is 11.4. The molecule has 0 saturated heterocycles. The number of ether oxygens (including phenoxy) is 1. The van der Waals surface area contributed by atoms with Crippen LogP contribution in [0, 0.1) is 0 Å². The van der Waals surface area contributed by atoms with Gasteiger partial charge in [-0.25, -0.2) is 9.67 Å². The third-order valence-corrected chi connectivity index (χ3v) is 4.74. The van der Waals surface area contributed by atoms with Crippen LogP contribution in [0.5, 0.6) is 5.75 Å². The van der Waals surface area contributed by atoms with E-state index in [4.69, 9.17) is 4.74 Å². The first-order valence-corrected chi connectivity index (χ1v) is 9.88. The van der Waals surface area contributed by atoms with Gasteiger partial charge in [0.25, 0.3) is 5.91 Å². The summed E-state index contributed by atoms with van der Waals surface area (Å²) in [5, 5.41) is 12.0. The molecule has 0 aliphatic rings. The second-order valence-corrected chi connectivity index (χ2v) is 8.06. The summed E-state index contributed by atoms with van der Waals surface area (Å²) in [6.45, 7) is 6.21. The molecule has 0 saturated carbocycles. The minimum atomic E-state index is -0.329. The van der Waals surface area contributed by atoms with Crippen LogP contribution in [0.1, 0.15) is 37.0 Å². The number of aromatic nitrogens is 5. The van der Waals surface area contributed by atoms with Gasteiger partial charge in [0, 0.05) is 23.9 Å². The maximum atomic E-state index is 12.9. The minimum Gasteiger partial charge on any atom is -0.497 e. The number of nitrogens with zero attached hydrogens (tertiary/aromatic N) is 5. The fourth-order valence-electron chi connectivity index (χ4n) is 2.99. The molecule has 0 spiro atoms. The van der Waals surface area contributed by atoms with E-state index in [1.54, 1.807) is 34.9 Å². The predicted molar refractivity (Wildman–Crippen MR) is 118 cm³/mol. The molecule has 8 nitrogen and oxygen atoms in total. The Balaban J connectivity index is 1.61. The fraction of sp³-hybridized carbons (Fsp3) is 0.217. The molecule has 8 heteroatoms. The Kier molecular flexibility index (Phi) is 5.29. The standard InChI is InChI=1S/C23H24N6O2/c1-23(2,3)19-15-21(29(27-19)20-7-5-6-13-24-20)25-22(30)18-12-14-28(26-18)16-8-10-17(31-4)11-9-16/h5-15H,1-4H3,(H,25,30). The van der Waals surface area contributed by atoms with Crippen LogP contribution in [0.2, 0.25) is 0 Å². The van der Waals surface area contributed by atoms with Gasteiger partial charge in [0.2, 0.25) is 0 Å². The second-order valence-electron chi connectivity index (χ2n) is 8.06. The highest BCUT2D eigenvalue weighted by molar-refractivity contribution is 6.02. The average Bonchev–Trinajstić information content (AvgIpc) is 3.42. The number of carbonyl (C=O) groups is 1. The lowest BCUT2D eigenvalue weighted by Gasteiger charge is -2.13. The van der Waals surface area contributed by atoms with Gasteiger partial charge in [0.1, 0.15) is 11.6 Å². The molecule has 4 aromatic rings. The summed E-state index contributed by atoms with van der Waals surface area (Å²) in [6, 6.07) is 16.5. The van der Waals surface area contributed by atoms with E-state index in [-0.39, 0.29) is 11.3 Å². The summed E-state index contributed by atoms with van der Waals surface area (Å²) >= 11 is 0.